The average Bonchev–Trinajstić information content (AvgIpc) is 3.05. The summed E-state index contributed by atoms with van der Waals surface area (Å²) in [5.74, 6) is 0. The molecule has 4 N–H and O–H groups in total. The van der Waals surface area contributed by atoms with Gasteiger partial charge >= 0.3 is 25.7 Å². The third-order valence-corrected chi connectivity index (χ3v) is 27.4. The van der Waals surface area contributed by atoms with Crippen molar-refractivity contribution >= 4 is 42.3 Å². The van der Waals surface area contributed by atoms with E-state index < -0.39 is 67.2 Å². The number of hydrogen-bond donors (Lipinski definition) is 4. The first-order valence-corrected chi connectivity index (χ1v) is 37.0. The Bertz CT molecular complexity index is 928. The van der Waals surface area contributed by atoms with E-state index in [9.17, 15) is 15.3 Å². The fourth-order valence-electron chi connectivity index (χ4n) is 7.17. The minimum atomic E-state index is -2.69. The molecule has 0 aromatic heterocycles. The summed E-state index contributed by atoms with van der Waals surface area (Å²) in [6.45, 7) is 24.5. The van der Waals surface area contributed by atoms with Gasteiger partial charge in [0.15, 0.2) is 16.6 Å². The second-order valence-corrected chi connectivity index (χ2v) is 38.8. The summed E-state index contributed by atoms with van der Waals surface area (Å²) in [5, 5.41) is 38.5. The SMILES string of the molecule is CCCCCCCCCCCCCCCCCC[Si](C)(O[Si](C)(C)O[Si](C)(C)C)O[Si](C)(CCCOCC(O)COCC(O)COCC(O)CO)O[Si](C)(C)C. The third kappa shape index (κ3) is 35.4. The molecule has 0 aliphatic heterocycles. The summed E-state index contributed by atoms with van der Waals surface area (Å²) in [4.78, 5) is 0. The molecule has 5 atom stereocenters. The molecule has 0 bridgehead atoms. The van der Waals surface area contributed by atoms with Gasteiger partial charge in [-0.2, -0.15) is 0 Å². The molecule has 56 heavy (non-hydrogen) atoms. The largest absolute Gasteiger partial charge is 0.437 e. The van der Waals surface area contributed by atoms with Gasteiger partial charge in [-0.15, -0.1) is 0 Å². The van der Waals surface area contributed by atoms with Crippen LogP contribution in [0.1, 0.15) is 116 Å². The molecule has 0 aliphatic carbocycles. The lowest BCUT2D eigenvalue weighted by atomic mass is 10.0. The molecular formula is C40H92O11Si5. The van der Waals surface area contributed by atoms with Crippen molar-refractivity contribution in [3.8, 4) is 0 Å². The molecule has 0 saturated heterocycles. The Kier molecular flexibility index (Phi) is 31.8. The predicted molar refractivity (Wildman–Crippen MR) is 243 cm³/mol. The van der Waals surface area contributed by atoms with Crippen LogP contribution < -0.4 is 0 Å². The van der Waals surface area contributed by atoms with E-state index in [1.165, 1.54) is 96.3 Å². The van der Waals surface area contributed by atoms with E-state index in [0.29, 0.717) is 6.61 Å². The zero-order chi connectivity index (χ0) is 42.6. The van der Waals surface area contributed by atoms with Crippen LogP contribution in [0.4, 0.5) is 0 Å². The lowest BCUT2D eigenvalue weighted by Crippen LogP contribution is -2.60. The van der Waals surface area contributed by atoms with Crippen molar-refractivity contribution in [3.63, 3.8) is 0 Å². The zero-order valence-electron chi connectivity index (χ0n) is 38.3. The number of unbranched alkanes of at least 4 members (excludes halogenated alkanes) is 15. The minimum absolute atomic E-state index is 0.0183. The summed E-state index contributed by atoms with van der Waals surface area (Å²) in [5.41, 5.74) is 0. The predicted octanol–water partition coefficient (Wildman–Crippen LogP) is 9.34. The van der Waals surface area contributed by atoms with E-state index in [0.717, 1.165) is 24.9 Å². The minimum Gasteiger partial charge on any atom is -0.437 e. The fourth-order valence-corrected chi connectivity index (χ4v) is 31.0. The van der Waals surface area contributed by atoms with E-state index in [1.807, 2.05) is 0 Å². The van der Waals surface area contributed by atoms with Gasteiger partial charge in [-0.25, -0.2) is 0 Å². The fraction of sp³-hybridized carbons (Fsp3) is 1.00. The summed E-state index contributed by atoms with van der Waals surface area (Å²) >= 11 is 0. The van der Waals surface area contributed by atoms with Crippen molar-refractivity contribution in [2.45, 2.75) is 212 Å². The molecule has 0 saturated carbocycles. The quantitative estimate of drug-likeness (QED) is 0.0345. The molecule has 0 aromatic carbocycles. The Morgan fingerprint density at radius 1 is 0.393 bits per heavy atom. The van der Waals surface area contributed by atoms with Gasteiger partial charge in [0.1, 0.15) is 18.3 Å². The van der Waals surface area contributed by atoms with Crippen molar-refractivity contribution < 1.29 is 51.1 Å². The van der Waals surface area contributed by atoms with Crippen LogP contribution in [-0.2, 0) is 30.7 Å². The van der Waals surface area contributed by atoms with Crippen molar-refractivity contribution in [2.24, 2.45) is 0 Å². The first kappa shape index (κ1) is 56.6. The number of aliphatic hydroxyl groups excluding tert-OH is 4. The van der Waals surface area contributed by atoms with Crippen LogP contribution in [0.5, 0.6) is 0 Å². The second-order valence-electron chi connectivity index (χ2n) is 18.8. The number of hydrogen-bond acceptors (Lipinski definition) is 11. The van der Waals surface area contributed by atoms with Gasteiger partial charge in [-0.1, -0.05) is 110 Å². The van der Waals surface area contributed by atoms with E-state index in [1.54, 1.807) is 0 Å². The first-order valence-electron chi connectivity index (χ1n) is 22.3. The van der Waals surface area contributed by atoms with Crippen LogP contribution in [0.15, 0.2) is 0 Å². The summed E-state index contributed by atoms with van der Waals surface area (Å²) < 4.78 is 44.4. The summed E-state index contributed by atoms with van der Waals surface area (Å²) in [6.07, 6.45) is 19.5. The van der Waals surface area contributed by atoms with Gasteiger partial charge < -0.3 is 51.1 Å². The van der Waals surface area contributed by atoms with E-state index >= 15 is 0 Å². The van der Waals surface area contributed by atoms with Gasteiger partial charge in [0.05, 0.1) is 39.6 Å². The highest BCUT2D eigenvalue weighted by atomic mass is 28.5. The molecule has 338 valence electrons. The average molecular weight is 890 g/mol. The molecule has 11 nitrogen and oxygen atoms in total. The van der Waals surface area contributed by atoms with Crippen molar-refractivity contribution in [3.05, 3.63) is 0 Å². The molecule has 0 rings (SSSR count). The third-order valence-electron chi connectivity index (χ3n) is 9.13. The molecule has 0 amide bonds. The standard InChI is InChI=1S/C40H92O11Si5/c1-12-13-14-15-16-17-18-19-20-21-22-23-24-25-26-27-30-56(11,50-54(8,9)48-52(2,3)4)51-55(10,49-53(5,6)7)31-28-29-45-34-39(43)35-47-37-40(44)36-46-33-38(42)32-41/h38-44H,12-37H2,1-11H3. The van der Waals surface area contributed by atoms with E-state index in [-0.39, 0.29) is 33.0 Å². The van der Waals surface area contributed by atoms with Gasteiger partial charge in [0.25, 0.3) is 0 Å². The smallest absolute Gasteiger partial charge is 0.317 e. The molecule has 0 heterocycles. The van der Waals surface area contributed by atoms with Gasteiger partial charge in [0.2, 0.25) is 0 Å². The highest BCUT2D eigenvalue weighted by Gasteiger charge is 2.48. The first-order chi connectivity index (χ1) is 26.1. The van der Waals surface area contributed by atoms with Crippen LogP contribution in [0.2, 0.25) is 77.6 Å². The highest BCUT2D eigenvalue weighted by Crippen LogP contribution is 2.32. The van der Waals surface area contributed by atoms with Gasteiger partial charge in [0, 0.05) is 6.61 Å². The lowest BCUT2D eigenvalue weighted by Gasteiger charge is -2.44. The van der Waals surface area contributed by atoms with Crippen molar-refractivity contribution in [1.82, 2.24) is 0 Å². The number of ether oxygens (including phenoxy) is 3. The maximum atomic E-state index is 10.4. The lowest BCUT2D eigenvalue weighted by molar-refractivity contribution is -0.0674. The van der Waals surface area contributed by atoms with Crippen molar-refractivity contribution in [1.29, 1.82) is 0 Å². The maximum absolute atomic E-state index is 10.4. The second kappa shape index (κ2) is 31.5. The van der Waals surface area contributed by atoms with Crippen molar-refractivity contribution in [2.75, 3.05) is 46.2 Å². The van der Waals surface area contributed by atoms with Gasteiger partial charge in [-0.05, 0) is 84.0 Å². The summed E-state index contributed by atoms with van der Waals surface area (Å²) in [7, 11) is -11.6. The molecule has 5 unspecified atom stereocenters. The molecule has 0 radical (unpaired) electrons. The Morgan fingerprint density at radius 3 is 1.16 bits per heavy atom. The van der Waals surface area contributed by atoms with E-state index in [2.05, 4.69) is 72.4 Å². The highest BCUT2D eigenvalue weighted by molar-refractivity contribution is 6.90. The maximum Gasteiger partial charge on any atom is 0.317 e. The summed E-state index contributed by atoms with van der Waals surface area (Å²) in [6, 6.07) is 1.70. The van der Waals surface area contributed by atoms with Crippen LogP contribution in [0.25, 0.3) is 0 Å². The molecule has 0 aromatic rings. The van der Waals surface area contributed by atoms with Gasteiger partial charge in [-0.3, -0.25) is 0 Å². The molecule has 16 heteroatoms. The molecular weight excluding hydrogens is 797 g/mol. The Balaban J connectivity index is 4.98. The molecule has 0 spiro atoms. The Labute approximate surface area is 350 Å². The monoisotopic (exact) mass is 889 g/mol. The van der Waals surface area contributed by atoms with Crippen LogP contribution in [-0.4, -0.2) is 127 Å². The Hall–Kier alpha value is 0.644. The van der Waals surface area contributed by atoms with Crippen LogP contribution in [0.3, 0.4) is 0 Å². The van der Waals surface area contributed by atoms with Crippen LogP contribution in [0, 0.1) is 0 Å². The Morgan fingerprint density at radius 2 is 0.750 bits per heavy atom. The van der Waals surface area contributed by atoms with E-state index in [4.69, 9.17) is 35.8 Å². The number of aliphatic hydroxyl groups is 4. The topological polar surface area (TPSA) is 146 Å². The normalized spacial score (nSPS) is 16.8. The molecule has 0 aliphatic rings. The number of rotatable bonds is 40. The van der Waals surface area contributed by atoms with Crippen LogP contribution >= 0.6 is 0 Å². The molecule has 0 fully saturated rings. The zero-order valence-corrected chi connectivity index (χ0v) is 43.3.